The molecule has 128 valence electrons. The maximum atomic E-state index is 10.7. The van der Waals surface area contributed by atoms with Gasteiger partial charge in [0.25, 0.3) is 0 Å². The SMILES string of the molecule is CC1CCC(O)(CNC(C)c2ccc(-c3cncnc3)cc2)CC1. The van der Waals surface area contributed by atoms with Crippen LogP contribution in [0.3, 0.4) is 0 Å². The van der Waals surface area contributed by atoms with E-state index >= 15 is 0 Å². The van der Waals surface area contributed by atoms with Gasteiger partial charge in [-0.1, -0.05) is 31.2 Å². The minimum Gasteiger partial charge on any atom is -0.389 e. The van der Waals surface area contributed by atoms with Crippen LogP contribution in [0.15, 0.2) is 43.0 Å². The number of nitrogens with one attached hydrogen (secondary N) is 1. The van der Waals surface area contributed by atoms with Crippen LogP contribution in [0.1, 0.15) is 51.1 Å². The van der Waals surface area contributed by atoms with Crippen LogP contribution in [-0.4, -0.2) is 27.2 Å². The van der Waals surface area contributed by atoms with Gasteiger partial charge in [0, 0.05) is 30.5 Å². The molecule has 24 heavy (non-hydrogen) atoms. The van der Waals surface area contributed by atoms with Crippen LogP contribution in [0, 0.1) is 5.92 Å². The van der Waals surface area contributed by atoms with Crippen LogP contribution < -0.4 is 5.32 Å². The lowest BCUT2D eigenvalue weighted by molar-refractivity contribution is -0.00783. The highest BCUT2D eigenvalue weighted by atomic mass is 16.3. The Hall–Kier alpha value is -1.78. The van der Waals surface area contributed by atoms with E-state index < -0.39 is 5.60 Å². The molecule has 0 radical (unpaired) electrons. The molecule has 0 amide bonds. The quantitative estimate of drug-likeness (QED) is 0.879. The molecular formula is C20H27N3O. The number of nitrogens with zero attached hydrogens (tertiary/aromatic N) is 2. The van der Waals surface area contributed by atoms with E-state index in [2.05, 4.69) is 53.4 Å². The predicted molar refractivity (Wildman–Crippen MR) is 96.5 cm³/mol. The van der Waals surface area contributed by atoms with Gasteiger partial charge in [0.05, 0.1) is 5.60 Å². The molecule has 0 aliphatic heterocycles. The highest BCUT2D eigenvalue weighted by Gasteiger charge is 2.31. The first kappa shape index (κ1) is 17.1. The zero-order chi connectivity index (χ0) is 17.0. The molecule has 1 aromatic heterocycles. The molecule has 0 spiro atoms. The summed E-state index contributed by atoms with van der Waals surface area (Å²) in [5.74, 6) is 0.747. The van der Waals surface area contributed by atoms with Gasteiger partial charge in [-0.2, -0.15) is 0 Å². The summed E-state index contributed by atoms with van der Waals surface area (Å²) >= 11 is 0. The molecule has 0 bridgehead atoms. The van der Waals surface area contributed by atoms with Crippen LogP contribution in [-0.2, 0) is 0 Å². The normalized spacial score (nSPS) is 25.4. The van der Waals surface area contributed by atoms with Crippen LogP contribution in [0.2, 0.25) is 0 Å². The Balaban J connectivity index is 1.58. The van der Waals surface area contributed by atoms with E-state index in [0.29, 0.717) is 6.54 Å². The minimum atomic E-state index is -0.540. The molecule has 1 atom stereocenters. The van der Waals surface area contributed by atoms with Gasteiger partial charge >= 0.3 is 0 Å². The van der Waals surface area contributed by atoms with Crippen molar-refractivity contribution in [1.82, 2.24) is 15.3 Å². The Bertz CT molecular complexity index is 634. The molecule has 1 unspecified atom stereocenters. The van der Waals surface area contributed by atoms with Gasteiger partial charge in [0.15, 0.2) is 0 Å². The Morgan fingerprint density at radius 1 is 1.12 bits per heavy atom. The molecule has 1 saturated carbocycles. The van der Waals surface area contributed by atoms with E-state index in [-0.39, 0.29) is 6.04 Å². The first-order valence-corrected chi connectivity index (χ1v) is 8.87. The molecule has 2 N–H and O–H groups in total. The summed E-state index contributed by atoms with van der Waals surface area (Å²) in [5, 5.41) is 14.2. The summed E-state index contributed by atoms with van der Waals surface area (Å²) < 4.78 is 0. The maximum absolute atomic E-state index is 10.7. The number of hydrogen-bond acceptors (Lipinski definition) is 4. The van der Waals surface area contributed by atoms with Crippen molar-refractivity contribution in [3.05, 3.63) is 48.5 Å². The van der Waals surface area contributed by atoms with E-state index in [4.69, 9.17) is 0 Å². The Labute approximate surface area is 144 Å². The molecule has 4 heteroatoms. The zero-order valence-electron chi connectivity index (χ0n) is 14.6. The highest BCUT2D eigenvalue weighted by molar-refractivity contribution is 5.61. The third kappa shape index (κ3) is 4.19. The van der Waals surface area contributed by atoms with Gasteiger partial charge in [-0.3, -0.25) is 0 Å². The zero-order valence-corrected chi connectivity index (χ0v) is 14.6. The van der Waals surface area contributed by atoms with E-state index in [0.717, 1.165) is 42.7 Å². The van der Waals surface area contributed by atoms with E-state index in [9.17, 15) is 5.11 Å². The van der Waals surface area contributed by atoms with Crippen LogP contribution in [0.25, 0.3) is 11.1 Å². The fourth-order valence-electron chi connectivity index (χ4n) is 3.35. The summed E-state index contributed by atoms with van der Waals surface area (Å²) in [6.45, 7) is 5.08. The van der Waals surface area contributed by atoms with Crippen molar-refractivity contribution in [2.75, 3.05) is 6.54 Å². The molecule has 2 aromatic rings. The second-order valence-electron chi connectivity index (χ2n) is 7.26. The lowest BCUT2D eigenvalue weighted by Crippen LogP contribution is -2.44. The first-order valence-electron chi connectivity index (χ1n) is 8.87. The van der Waals surface area contributed by atoms with Crippen molar-refractivity contribution < 1.29 is 5.11 Å². The van der Waals surface area contributed by atoms with Crippen molar-refractivity contribution >= 4 is 0 Å². The fourth-order valence-corrected chi connectivity index (χ4v) is 3.35. The van der Waals surface area contributed by atoms with Crippen LogP contribution >= 0.6 is 0 Å². The van der Waals surface area contributed by atoms with Gasteiger partial charge in [0.2, 0.25) is 0 Å². The number of benzene rings is 1. The van der Waals surface area contributed by atoms with Gasteiger partial charge in [-0.15, -0.1) is 0 Å². The maximum Gasteiger partial charge on any atom is 0.115 e. The average molecular weight is 325 g/mol. The summed E-state index contributed by atoms with van der Waals surface area (Å²) in [5.41, 5.74) is 2.83. The molecule has 1 aliphatic carbocycles. The average Bonchev–Trinajstić information content (AvgIpc) is 2.63. The van der Waals surface area contributed by atoms with Crippen molar-refractivity contribution in [3.63, 3.8) is 0 Å². The van der Waals surface area contributed by atoms with Crippen molar-refractivity contribution in [2.45, 2.75) is 51.2 Å². The second kappa shape index (κ2) is 7.41. The van der Waals surface area contributed by atoms with Crippen LogP contribution in [0.4, 0.5) is 0 Å². The Morgan fingerprint density at radius 2 is 1.75 bits per heavy atom. The van der Waals surface area contributed by atoms with Gasteiger partial charge in [-0.25, -0.2) is 9.97 Å². The molecule has 1 fully saturated rings. The standard InChI is InChI=1S/C20H27N3O/c1-15-7-9-20(24,10-8-15)13-23-16(2)17-3-5-18(6-4-17)19-11-21-14-22-12-19/h3-6,11-12,14-16,23-24H,7-10,13H2,1-2H3. The van der Waals surface area contributed by atoms with Crippen molar-refractivity contribution in [3.8, 4) is 11.1 Å². The van der Waals surface area contributed by atoms with E-state index in [1.165, 1.54) is 5.56 Å². The number of aromatic nitrogens is 2. The van der Waals surface area contributed by atoms with E-state index in [1.54, 1.807) is 6.33 Å². The van der Waals surface area contributed by atoms with Gasteiger partial charge < -0.3 is 10.4 Å². The molecule has 4 nitrogen and oxygen atoms in total. The third-order valence-electron chi connectivity index (χ3n) is 5.25. The smallest absolute Gasteiger partial charge is 0.115 e. The summed E-state index contributed by atoms with van der Waals surface area (Å²) in [4.78, 5) is 8.12. The first-order chi connectivity index (χ1) is 11.6. The molecule has 3 rings (SSSR count). The topological polar surface area (TPSA) is 58.0 Å². The monoisotopic (exact) mass is 325 g/mol. The number of hydrogen-bond donors (Lipinski definition) is 2. The highest BCUT2D eigenvalue weighted by Crippen LogP contribution is 2.31. The Kier molecular flexibility index (Phi) is 5.27. The summed E-state index contributed by atoms with van der Waals surface area (Å²) in [6.07, 6.45) is 9.25. The molecule has 0 saturated heterocycles. The third-order valence-corrected chi connectivity index (χ3v) is 5.25. The fraction of sp³-hybridized carbons (Fsp3) is 0.500. The summed E-state index contributed by atoms with van der Waals surface area (Å²) in [6, 6.07) is 8.68. The molecule has 1 aliphatic rings. The minimum absolute atomic E-state index is 0.217. The predicted octanol–water partition coefficient (Wildman–Crippen LogP) is 3.74. The molecule has 1 heterocycles. The van der Waals surface area contributed by atoms with Gasteiger partial charge in [-0.05, 0) is 49.7 Å². The van der Waals surface area contributed by atoms with E-state index in [1.807, 2.05) is 12.4 Å². The summed E-state index contributed by atoms with van der Waals surface area (Å²) in [7, 11) is 0. The molecule has 1 aromatic carbocycles. The number of rotatable bonds is 5. The van der Waals surface area contributed by atoms with Crippen molar-refractivity contribution in [1.29, 1.82) is 0 Å². The number of aliphatic hydroxyl groups is 1. The van der Waals surface area contributed by atoms with Crippen molar-refractivity contribution in [2.24, 2.45) is 5.92 Å². The Morgan fingerprint density at radius 3 is 2.38 bits per heavy atom. The van der Waals surface area contributed by atoms with Crippen LogP contribution in [0.5, 0.6) is 0 Å². The molecular weight excluding hydrogens is 298 g/mol. The second-order valence-corrected chi connectivity index (χ2v) is 7.26. The van der Waals surface area contributed by atoms with Gasteiger partial charge in [0.1, 0.15) is 6.33 Å². The lowest BCUT2D eigenvalue weighted by Gasteiger charge is -2.36. The lowest BCUT2D eigenvalue weighted by atomic mass is 9.79. The largest absolute Gasteiger partial charge is 0.389 e.